The van der Waals surface area contributed by atoms with Crippen LogP contribution in [0.4, 0.5) is 0 Å². The standard InChI is InChI=1S/C13H10BrCl2NO/c14-9-3-2-6-17-13(9)12(18)7-8-10(15)4-1-5-11(8)16/h1-6,12,18H,7H2. The van der Waals surface area contributed by atoms with Gasteiger partial charge in [-0.25, -0.2) is 0 Å². The molecule has 0 saturated carbocycles. The van der Waals surface area contributed by atoms with Crippen LogP contribution in [0.2, 0.25) is 10.0 Å². The molecule has 1 heterocycles. The molecular weight excluding hydrogens is 337 g/mol. The van der Waals surface area contributed by atoms with Crippen molar-refractivity contribution in [3.05, 3.63) is 62.3 Å². The van der Waals surface area contributed by atoms with Gasteiger partial charge in [0.15, 0.2) is 0 Å². The van der Waals surface area contributed by atoms with E-state index in [0.717, 1.165) is 10.0 Å². The maximum Gasteiger partial charge on any atom is 0.101 e. The number of rotatable bonds is 3. The second-order valence-electron chi connectivity index (χ2n) is 3.79. The summed E-state index contributed by atoms with van der Waals surface area (Å²) in [4.78, 5) is 4.15. The molecule has 0 fully saturated rings. The maximum absolute atomic E-state index is 10.2. The van der Waals surface area contributed by atoms with Crippen LogP contribution < -0.4 is 0 Å². The van der Waals surface area contributed by atoms with Crippen LogP contribution in [0.5, 0.6) is 0 Å². The van der Waals surface area contributed by atoms with E-state index in [4.69, 9.17) is 23.2 Å². The highest BCUT2D eigenvalue weighted by Gasteiger charge is 2.16. The lowest BCUT2D eigenvalue weighted by Crippen LogP contribution is -2.05. The van der Waals surface area contributed by atoms with E-state index in [1.165, 1.54) is 0 Å². The van der Waals surface area contributed by atoms with Crippen molar-refractivity contribution in [1.82, 2.24) is 4.98 Å². The molecule has 2 rings (SSSR count). The monoisotopic (exact) mass is 345 g/mol. The molecule has 18 heavy (non-hydrogen) atoms. The number of aliphatic hydroxyl groups excluding tert-OH is 1. The third-order valence-electron chi connectivity index (χ3n) is 2.56. The number of nitrogens with zero attached hydrogens (tertiary/aromatic N) is 1. The van der Waals surface area contributed by atoms with Crippen molar-refractivity contribution in [2.24, 2.45) is 0 Å². The van der Waals surface area contributed by atoms with Crippen LogP contribution in [-0.2, 0) is 6.42 Å². The summed E-state index contributed by atoms with van der Waals surface area (Å²) in [5.74, 6) is 0. The predicted molar refractivity (Wildman–Crippen MR) is 77.1 cm³/mol. The minimum Gasteiger partial charge on any atom is -0.386 e. The Hall–Kier alpha value is -0.610. The van der Waals surface area contributed by atoms with Gasteiger partial charge in [-0.15, -0.1) is 0 Å². The SMILES string of the molecule is OC(Cc1c(Cl)cccc1Cl)c1ncccc1Br. The third kappa shape index (κ3) is 3.04. The van der Waals surface area contributed by atoms with Crippen LogP contribution in [0, 0.1) is 0 Å². The summed E-state index contributed by atoms with van der Waals surface area (Å²) in [6, 6.07) is 8.91. The van der Waals surface area contributed by atoms with Crippen molar-refractivity contribution in [2.45, 2.75) is 12.5 Å². The summed E-state index contributed by atoms with van der Waals surface area (Å²) >= 11 is 15.5. The highest BCUT2D eigenvalue weighted by Crippen LogP contribution is 2.30. The van der Waals surface area contributed by atoms with Crippen molar-refractivity contribution in [1.29, 1.82) is 0 Å². The van der Waals surface area contributed by atoms with Gasteiger partial charge in [-0.2, -0.15) is 0 Å². The molecule has 1 aromatic heterocycles. The molecule has 1 aromatic carbocycles. The first-order valence-corrected chi connectivity index (χ1v) is 6.86. The summed E-state index contributed by atoms with van der Waals surface area (Å²) in [7, 11) is 0. The highest BCUT2D eigenvalue weighted by atomic mass is 79.9. The number of aliphatic hydroxyl groups is 1. The largest absolute Gasteiger partial charge is 0.386 e. The Labute approximate surface area is 124 Å². The topological polar surface area (TPSA) is 33.1 Å². The number of pyridine rings is 1. The van der Waals surface area contributed by atoms with Gasteiger partial charge in [0, 0.05) is 27.1 Å². The zero-order valence-corrected chi connectivity index (χ0v) is 12.4. The van der Waals surface area contributed by atoms with Gasteiger partial charge in [-0.3, -0.25) is 4.98 Å². The first-order valence-electron chi connectivity index (χ1n) is 5.31. The first kappa shape index (κ1) is 13.8. The van der Waals surface area contributed by atoms with Crippen LogP contribution in [0.1, 0.15) is 17.4 Å². The number of halogens is 3. The molecule has 0 spiro atoms. The van der Waals surface area contributed by atoms with Gasteiger partial charge in [0.1, 0.15) is 6.10 Å². The second-order valence-corrected chi connectivity index (χ2v) is 5.46. The molecule has 0 bridgehead atoms. The van der Waals surface area contributed by atoms with Crippen LogP contribution in [0.3, 0.4) is 0 Å². The van der Waals surface area contributed by atoms with Gasteiger partial charge >= 0.3 is 0 Å². The minimum atomic E-state index is -0.752. The van der Waals surface area contributed by atoms with Crippen molar-refractivity contribution >= 4 is 39.1 Å². The number of hydrogen-bond donors (Lipinski definition) is 1. The van der Waals surface area contributed by atoms with E-state index in [1.807, 2.05) is 6.07 Å². The zero-order chi connectivity index (χ0) is 13.1. The highest BCUT2D eigenvalue weighted by molar-refractivity contribution is 9.10. The normalized spacial score (nSPS) is 12.4. The fourth-order valence-electron chi connectivity index (χ4n) is 1.66. The lowest BCUT2D eigenvalue weighted by Gasteiger charge is -2.13. The van der Waals surface area contributed by atoms with Gasteiger partial charge in [-0.05, 0) is 45.8 Å². The summed E-state index contributed by atoms with van der Waals surface area (Å²) in [6.45, 7) is 0. The molecule has 0 saturated heterocycles. The Morgan fingerprint density at radius 3 is 2.44 bits per heavy atom. The molecule has 2 aromatic rings. The van der Waals surface area contributed by atoms with Crippen LogP contribution in [-0.4, -0.2) is 10.1 Å². The van der Waals surface area contributed by atoms with E-state index >= 15 is 0 Å². The first-order chi connectivity index (χ1) is 8.59. The molecule has 94 valence electrons. The average Bonchev–Trinajstić information content (AvgIpc) is 2.34. The fourth-order valence-corrected chi connectivity index (χ4v) is 2.73. The minimum absolute atomic E-state index is 0.328. The molecule has 5 heteroatoms. The van der Waals surface area contributed by atoms with Crippen LogP contribution in [0.25, 0.3) is 0 Å². The Bertz CT molecular complexity index is 542. The summed E-state index contributed by atoms with van der Waals surface area (Å²) < 4.78 is 0.765. The molecule has 1 atom stereocenters. The quantitative estimate of drug-likeness (QED) is 0.891. The molecule has 0 amide bonds. The van der Waals surface area contributed by atoms with E-state index < -0.39 is 6.10 Å². The van der Waals surface area contributed by atoms with E-state index in [-0.39, 0.29) is 0 Å². The van der Waals surface area contributed by atoms with Crippen molar-refractivity contribution in [3.8, 4) is 0 Å². The molecule has 0 aliphatic rings. The van der Waals surface area contributed by atoms with Crippen LogP contribution >= 0.6 is 39.1 Å². The predicted octanol–water partition coefficient (Wildman–Crippen LogP) is 4.43. The van der Waals surface area contributed by atoms with E-state index in [2.05, 4.69) is 20.9 Å². The Kier molecular flexibility index (Phi) is 4.62. The van der Waals surface area contributed by atoms with Gasteiger partial charge in [0.2, 0.25) is 0 Å². The second kappa shape index (κ2) is 6.02. The Morgan fingerprint density at radius 1 is 1.17 bits per heavy atom. The lowest BCUT2D eigenvalue weighted by atomic mass is 10.1. The van der Waals surface area contributed by atoms with Gasteiger partial charge in [0.25, 0.3) is 0 Å². The molecule has 2 nitrogen and oxygen atoms in total. The summed E-state index contributed by atoms with van der Waals surface area (Å²) in [5, 5.41) is 11.3. The maximum atomic E-state index is 10.2. The summed E-state index contributed by atoms with van der Waals surface area (Å²) in [6.07, 6.45) is 1.21. The third-order valence-corrected chi connectivity index (χ3v) is 3.94. The van der Waals surface area contributed by atoms with E-state index in [9.17, 15) is 5.11 Å². The molecule has 1 unspecified atom stereocenters. The van der Waals surface area contributed by atoms with Gasteiger partial charge in [-0.1, -0.05) is 29.3 Å². The fraction of sp³-hybridized carbons (Fsp3) is 0.154. The van der Waals surface area contributed by atoms with Gasteiger partial charge < -0.3 is 5.11 Å². The Morgan fingerprint density at radius 2 is 1.83 bits per heavy atom. The average molecular weight is 347 g/mol. The van der Waals surface area contributed by atoms with Crippen molar-refractivity contribution in [2.75, 3.05) is 0 Å². The number of hydrogen-bond acceptors (Lipinski definition) is 2. The molecule has 0 aliphatic heterocycles. The zero-order valence-electron chi connectivity index (χ0n) is 9.28. The molecular formula is C13H10BrCl2NO. The van der Waals surface area contributed by atoms with E-state index in [0.29, 0.717) is 22.2 Å². The Balaban J connectivity index is 2.27. The summed E-state index contributed by atoms with van der Waals surface area (Å²) in [5.41, 5.74) is 1.30. The van der Waals surface area contributed by atoms with Crippen LogP contribution in [0.15, 0.2) is 41.0 Å². The van der Waals surface area contributed by atoms with Crippen molar-refractivity contribution < 1.29 is 5.11 Å². The molecule has 0 radical (unpaired) electrons. The lowest BCUT2D eigenvalue weighted by molar-refractivity contribution is 0.173. The van der Waals surface area contributed by atoms with E-state index in [1.54, 1.807) is 30.5 Å². The smallest absolute Gasteiger partial charge is 0.101 e. The van der Waals surface area contributed by atoms with Crippen molar-refractivity contribution in [3.63, 3.8) is 0 Å². The molecule has 1 N–H and O–H groups in total. The number of aromatic nitrogens is 1. The number of benzene rings is 1. The van der Waals surface area contributed by atoms with Gasteiger partial charge in [0.05, 0.1) is 5.69 Å². The molecule has 0 aliphatic carbocycles.